The van der Waals surface area contributed by atoms with Crippen LogP contribution in [0.4, 0.5) is 14.5 Å². The van der Waals surface area contributed by atoms with Crippen LogP contribution in [0.2, 0.25) is 0 Å². The molecule has 0 spiro atoms. The third-order valence-electron chi connectivity index (χ3n) is 8.01. The van der Waals surface area contributed by atoms with E-state index in [-0.39, 0.29) is 11.6 Å². The van der Waals surface area contributed by atoms with Crippen molar-refractivity contribution >= 4 is 21.9 Å². The van der Waals surface area contributed by atoms with E-state index in [0.29, 0.717) is 64.6 Å². The van der Waals surface area contributed by atoms with E-state index in [1.54, 1.807) is 6.20 Å². The van der Waals surface area contributed by atoms with Crippen LogP contribution in [0.5, 0.6) is 5.88 Å². The molecule has 14 heteroatoms. The first kappa shape index (κ1) is 30.7. The molecule has 1 N–H and O–H groups in total. The zero-order chi connectivity index (χ0) is 32.0. The van der Waals surface area contributed by atoms with Crippen LogP contribution in [0.1, 0.15) is 33.6 Å². The van der Waals surface area contributed by atoms with Gasteiger partial charge in [-0.1, -0.05) is 0 Å². The normalized spacial score (nSPS) is 18.6. The summed E-state index contributed by atoms with van der Waals surface area (Å²) >= 11 is 0. The fourth-order valence-electron chi connectivity index (χ4n) is 6.24. The fourth-order valence-corrected chi connectivity index (χ4v) is 7.35. The topological polar surface area (TPSA) is 126 Å². The number of fused-ring (bicyclic) bond motifs is 1. The van der Waals surface area contributed by atoms with Crippen molar-refractivity contribution in [1.82, 2.24) is 25.0 Å². The number of methoxy groups -OCH3 is 1. The van der Waals surface area contributed by atoms with Crippen LogP contribution in [-0.4, -0.2) is 71.7 Å². The fraction of sp³-hybridized carbons (Fsp3) is 0.355. The molecule has 45 heavy (non-hydrogen) atoms. The Balaban J connectivity index is 1.28. The summed E-state index contributed by atoms with van der Waals surface area (Å²) in [5.74, 6) is -1.31. The van der Waals surface area contributed by atoms with Crippen LogP contribution in [0.25, 0.3) is 28.8 Å². The number of ether oxygens (including phenoxy) is 1. The molecule has 2 aliphatic heterocycles. The second-order valence-corrected chi connectivity index (χ2v) is 13.3. The lowest BCUT2D eigenvalue weighted by atomic mass is 10.0. The number of nitrogens with zero attached hydrogens (tertiary/aromatic N) is 6. The Morgan fingerprint density at radius 3 is 2.47 bits per heavy atom. The third kappa shape index (κ3) is 6.04. The molecular formula is C31H33F2N7O4S. The maximum absolute atomic E-state index is 14.3. The lowest BCUT2D eigenvalue weighted by molar-refractivity contribution is 0.0102. The first-order valence-electron chi connectivity index (χ1n) is 14.5. The molecule has 2 aliphatic rings. The minimum Gasteiger partial charge on any atom is -0.480 e. The summed E-state index contributed by atoms with van der Waals surface area (Å²) in [5, 5.41) is 10.2. The molecule has 2 atom stereocenters. The molecular weight excluding hydrogens is 604 g/mol. The highest BCUT2D eigenvalue weighted by Crippen LogP contribution is 2.32. The van der Waals surface area contributed by atoms with Crippen molar-refractivity contribution in [3.8, 4) is 28.5 Å². The number of hydrogen-bond donors (Lipinski definition) is 1. The van der Waals surface area contributed by atoms with E-state index in [0.717, 1.165) is 30.4 Å². The summed E-state index contributed by atoms with van der Waals surface area (Å²) in [7, 11) is -3.12. The summed E-state index contributed by atoms with van der Waals surface area (Å²) in [6.45, 7) is 11.2. The Kier molecular flexibility index (Phi) is 8.14. The second kappa shape index (κ2) is 11.9. The van der Waals surface area contributed by atoms with Gasteiger partial charge in [-0.3, -0.25) is 19.5 Å². The Hall–Kier alpha value is -4.27. The molecule has 0 saturated carbocycles. The number of halogens is 2. The Morgan fingerprint density at radius 1 is 1.07 bits per heavy atom. The summed E-state index contributed by atoms with van der Waals surface area (Å²) in [4.78, 5) is 12.7. The maximum atomic E-state index is 14.3. The van der Waals surface area contributed by atoms with Crippen molar-refractivity contribution < 1.29 is 26.4 Å². The first-order valence-corrected chi connectivity index (χ1v) is 16.0. The number of rotatable bonds is 9. The number of benzene rings is 2. The average molecular weight is 638 g/mol. The van der Waals surface area contributed by atoms with E-state index in [9.17, 15) is 17.2 Å². The van der Waals surface area contributed by atoms with Crippen LogP contribution in [0, 0.1) is 11.6 Å². The highest BCUT2D eigenvalue weighted by molar-refractivity contribution is 7.92. The Bertz CT molecular complexity index is 1990. The summed E-state index contributed by atoms with van der Waals surface area (Å²) in [5.41, 5.74) is 1.81. The van der Waals surface area contributed by atoms with E-state index >= 15 is 0 Å². The Morgan fingerprint density at radius 2 is 1.82 bits per heavy atom. The highest BCUT2D eigenvalue weighted by Gasteiger charge is 2.32. The molecule has 0 amide bonds. The molecule has 236 valence electrons. The van der Waals surface area contributed by atoms with Crippen LogP contribution in [0.3, 0.4) is 0 Å². The van der Waals surface area contributed by atoms with Gasteiger partial charge in [-0.15, -0.1) is 10.2 Å². The monoisotopic (exact) mass is 637 g/mol. The molecule has 4 heterocycles. The molecule has 0 radical (unpaired) electrons. The van der Waals surface area contributed by atoms with Crippen molar-refractivity contribution in [1.29, 1.82) is 0 Å². The smallest absolute Gasteiger partial charge is 0.264 e. The van der Waals surface area contributed by atoms with Gasteiger partial charge in [0.1, 0.15) is 22.2 Å². The molecule has 2 aromatic carbocycles. The van der Waals surface area contributed by atoms with Gasteiger partial charge in [0.2, 0.25) is 17.7 Å². The van der Waals surface area contributed by atoms with Gasteiger partial charge in [0.15, 0.2) is 0 Å². The van der Waals surface area contributed by atoms with Crippen molar-refractivity contribution in [3.05, 3.63) is 70.7 Å². The number of pyridine rings is 1. The van der Waals surface area contributed by atoms with Crippen LogP contribution in [-0.2, 0) is 16.6 Å². The zero-order valence-electron chi connectivity index (χ0n) is 25.5. The molecule has 2 aromatic heterocycles. The van der Waals surface area contributed by atoms with Gasteiger partial charge in [-0.25, -0.2) is 22.2 Å². The van der Waals surface area contributed by atoms with E-state index in [2.05, 4.69) is 62.4 Å². The minimum absolute atomic E-state index is 0.0347. The summed E-state index contributed by atoms with van der Waals surface area (Å²) in [6, 6.07) is 8.65. The van der Waals surface area contributed by atoms with Gasteiger partial charge in [-0.2, -0.15) is 0 Å². The molecule has 1 saturated heterocycles. The Labute approximate surface area is 259 Å². The molecule has 0 aliphatic carbocycles. The van der Waals surface area contributed by atoms with Gasteiger partial charge in [-0.05, 0) is 63.6 Å². The predicted molar refractivity (Wildman–Crippen MR) is 163 cm³/mol. The highest BCUT2D eigenvalue weighted by atomic mass is 32.2. The van der Waals surface area contributed by atoms with E-state index in [4.69, 9.17) is 9.15 Å². The number of anilines is 1. The van der Waals surface area contributed by atoms with E-state index in [1.807, 2.05) is 12.1 Å². The van der Waals surface area contributed by atoms with Gasteiger partial charge in [0.05, 0.1) is 24.6 Å². The lowest BCUT2D eigenvalue weighted by Gasteiger charge is -2.46. The number of aromatic nitrogens is 3. The average Bonchev–Trinajstić information content (AvgIpc) is 3.40. The third-order valence-corrected chi connectivity index (χ3v) is 9.41. The number of hydrogen-bond acceptors (Lipinski definition) is 10. The van der Waals surface area contributed by atoms with E-state index in [1.165, 1.54) is 19.4 Å². The SMILES string of the molecule is COc1ncc(-c2cc(-c3nnc(CN4CC(C)N(C(C)C)C(C)C4)o3)c3c(c2)=NC=3)cc1NS(=O)(=O)c1ccc(F)cc1F. The molecule has 4 aromatic rings. The number of piperazine rings is 1. The van der Waals surface area contributed by atoms with Crippen molar-refractivity contribution in [2.45, 2.75) is 57.3 Å². The molecule has 2 unspecified atom stereocenters. The van der Waals surface area contributed by atoms with Crippen molar-refractivity contribution in [3.63, 3.8) is 0 Å². The number of nitrogens with one attached hydrogen (secondary N) is 1. The van der Waals surface area contributed by atoms with Gasteiger partial charge in [0.25, 0.3) is 10.0 Å². The number of sulfonamides is 1. The standard InChI is InChI=1S/C31H33F2N7O4S/c1-17(2)40-18(3)14-39(15-19(40)4)16-29-36-37-30(44-29)23-8-20(9-26-24(23)13-34-26)21-10-27(31(43-5)35-12-21)38-45(41,42)28-7-6-22(32)11-25(28)33/h6-13,17-19,38H,14-16H2,1-5H3. The van der Waals surface area contributed by atoms with Gasteiger partial charge < -0.3 is 9.15 Å². The minimum atomic E-state index is -4.45. The summed E-state index contributed by atoms with van der Waals surface area (Å²) < 4.78 is 67.5. The maximum Gasteiger partial charge on any atom is 0.264 e. The molecule has 1 fully saturated rings. The van der Waals surface area contributed by atoms with Gasteiger partial charge in [0, 0.05) is 60.5 Å². The van der Waals surface area contributed by atoms with Crippen LogP contribution < -0.4 is 20.0 Å². The molecule has 6 rings (SSSR count). The largest absolute Gasteiger partial charge is 0.480 e. The van der Waals surface area contributed by atoms with Gasteiger partial charge >= 0.3 is 0 Å². The van der Waals surface area contributed by atoms with Crippen LogP contribution >= 0.6 is 0 Å². The molecule has 0 bridgehead atoms. The van der Waals surface area contributed by atoms with Crippen LogP contribution in [0.15, 0.2) is 56.9 Å². The van der Waals surface area contributed by atoms with Crippen molar-refractivity contribution in [2.75, 3.05) is 24.9 Å². The zero-order valence-corrected chi connectivity index (χ0v) is 26.3. The quantitative estimate of drug-likeness (QED) is 0.293. The van der Waals surface area contributed by atoms with Crippen molar-refractivity contribution in [2.24, 2.45) is 4.99 Å². The lowest BCUT2D eigenvalue weighted by Crippen LogP contribution is -2.58. The molecule has 11 nitrogen and oxygen atoms in total. The summed E-state index contributed by atoms with van der Waals surface area (Å²) in [6.07, 6.45) is 3.23. The second-order valence-electron chi connectivity index (χ2n) is 11.6. The van der Waals surface area contributed by atoms with E-state index < -0.39 is 26.6 Å². The predicted octanol–water partition coefficient (Wildman–Crippen LogP) is 3.56. The first-order chi connectivity index (χ1) is 21.4.